The van der Waals surface area contributed by atoms with Crippen LogP contribution in [0, 0.1) is 0 Å². The zero-order valence-electron chi connectivity index (χ0n) is 14.8. The Labute approximate surface area is 166 Å². The molecule has 1 atom stereocenters. The van der Waals surface area contributed by atoms with E-state index in [9.17, 15) is 14.4 Å². The van der Waals surface area contributed by atoms with Crippen LogP contribution in [0.15, 0.2) is 36.4 Å². The minimum Gasteiger partial charge on any atom is -0.423 e. The highest BCUT2D eigenvalue weighted by atomic mass is 35.5. The van der Waals surface area contributed by atoms with Crippen molar-refractivity contribution in [2.75, 3.05) is 5.32 Å². The van der Waals surface area contributed by atoms with E-state index in [-0.39, 0.29) is 17.4 Å². The van der Waals surface area contributed by atoms with E-state index in [0.29, 0.717) is 21.3 Å². The van der Waals surface area contributed by atoms with E-state index in [0.717, 1.165) is 0 Å². The van der Waals surface area contributed by atoms with Gasteiger partial charge in [-0.15, -0.1) is 0 Å². The number of carbonyl (C=O) groups is 3. The Hall–Kier alpha value is -2.57. The number of halogens is 2. The van der Waals surface area contributed by atoms with Crippen molar-refractivity contribution in [1.82, 2.24) is 0 Å². The summed E-state index contributed by atoms with van der Waals surface area (Å²) in [5, 5.41) is 3.50. The van der Waals surface area contributed by atoms with Crippen LogP contribution in [-0.4, -0.2) is 17.8 Å². The van der Waals surface area contributed by atoms with Crippen LogP contribution in [0.1, 0.15) is 32.3 Å². The zero-order valence-corrected chi connectivity index (χ0v) is 16.4. The topological polar surface area (TPSA) is 81.7 Å². The molecule has 0 aromatic heterocycles. The van der Waals surface area contributed by atoms with Gasteiger partial charge in [0.15, 0.2) is 11.5 Å². The Morgan fingerprint density at radius 3 is 2.19 bits per heavy atom. The standard InChI is InChI=1S/C19H17Cl2NO5/c1-10(19(25)22-16-9-14(20)5-6-15(16)21)13-4-7-17(26-11(2)23)18(8-13)27-12(3)24/h4-10H,1-3H3,(H,22,25). The first-order chi connectivity index (χ1) is 12.7. The number of rotatable bonds is 5. The lowest BCUT2D eigenvalue weighted by molar-refractivity contribution is -0.134. The molecule has 8 heteroatoms. The van der Waals surface area contributed by atoms with Crippen LogP contribution in [0.2, 0.25) is 10.0 Å². The van der Waals surface area contributed by atoms with Gasteiger partial charge in [-0.25, -0.2) is 0 Å². The second kappa shape index (κ2) is 8.88. The molecule has 1 unspecified atom stereocenters. The first kappa shape index (κ1) is 20.7. The summed E-state index contributed by atoms with van der Waals surface area (Å²) in [5.74, 6) is -1.95. The molecule has 27 heavy (non-hydrogen) atoms. The lowest BCUT2D eigenvalue weighted by Crippen LogP contribution is -2.19. The number of amides is 1. The SMILES string of the molecule is CC(=O)Oc1ccc(C(C)C(=O)Nc2cc(Cl)ccc2Cl)cc1OC(C)=O. The van der Waals surface area contributed by atoms with Crippen LogP contribution < -0.4 is 14.8 Å². The molecule has 0 bridgehead atoms. The van der Waals surface area contributed by atoms with Crippen LogP contribution >= 0.6 is 23.2 Å². The van der Waals surface area contributed by atoms with Gasteiger partial charge >= 0.3 is 11.9 Å². The molecular formula is C19H17Cl2NO5. The summed E-state index contributed by atoms with van der Waals surface area (Å²) in [6, 6.07) is 9.28. The summed E-state index contributed by atoms with van der Waals surface area (Å²) < 4.78 is 10.1. The minimum atomic E-state index is -0.610. The Morgan fingerprint density at radius 1 is 0.926 bits per heavy atom. The maximum atomic E-state index is 12.6. The maximum Gasteiger partial charge on any atom is 0.308 e. The Morgan fingerprint density at radius 2 is 1.56 bits per heavy atom. The lowest BCUT2D eigenvalue weighted by atomic mass is 9.99. The molecule has 0 heterocycles. The highest BCUT2D eigenvalue weighted by Gasteiger charge is 2.20. The van der Waals surface area contributed by atoms with Crippen molar-refractivity contribution in [3.63, 3.8) is 0 Å². The van der Waals surface area contributed by atoms with E-state index < -0.39 is 17.9 Å². The van der Waals surface area contributed by atoms with E-state index in [1.165, 1.54) is 26.0 Å². The van der Waals surface area contributed by atoms with Crippen molar-refractivity contribution in [1.29, 1.82) is 0 Å². The van der Waals surface area contributed by atoms with Gasteiger partial charge in [-0.05, 0) is 42.8 Å². The molecule has 2 aromatic rings. The molecule has 0 spiro atoms. The van der Waals surface area contributed by atoms with Crippen LogP contribution in [0.25, 0.3) is 0 Å². The summed E-state index contributed by atoms with van der Waals surface area (Å²) in [6.07, 6.45) is 0. The maximum absolute atomic E-state index is 12.6. The molecule has 1 amide bonds. The molecule has 2 rings (SSSR count). The Bertz CT molecular complexity index is 898. The molecule has 0 saturated carbocycles. The third-order valence-corrected chi connectivity index (χ3v) is 4.12. The summed E-state index contributed by atoms with van der Waals surface area (Å²) in [5.41, 5.74) is 0.940. The number of nitrogens with one attached hydrogen (secondary N) is 1. The van der Waals surface area contributed by atoms with Gasteiger partial charge in [0.1, 0.15) is 0 Å². The number of ether oxygens (including phenoxy) is 2. The number of benzene rings is 2. The third-order valence-electron chi connectivity index (χ3n) is 3.55. The monoisotopic (exact) mass is 409 g/mol. The van der Waals surface area contributed by atoms with E-state index >= 15 is 0 Å². The number of hydrogen-bond donors (Lipinski definition) is 1. The fraction of sp³-hybridized carbons (Fsp3) is 0.211. The minimum absolute atomic E-state index is 0.0515. The highest BCUT2D eigenvalue weighted by Crippen LogP contribution is 2.33. The van der Waals surface area contributed by atoms with E-state index in [2.05, 4.69) is 5.32 Å². The quantitative estimate of drug-likeness (QED) is 0.576. The molecule has 0 aliphatic rings. The fourth-order valence-electron chi connectivity index (χ4n) is 2.25. The van der Waals surface area contributed by atoms with Gasteiger partial charge in [-0.2, -0.15) is 0 Å². The van der Waals surface area contributed by atoms with Gasteiger partial charge in [0.25, 0.3) is 0 Å². The highest BCUT2D eigenvalue weighted by molar-refractivity contribution is 6.35. The third kappa shape index (κ3) is 5.70. The van der Waals surface area contributed by atoms with Gasteiger partial charge in [0, 0.05) is 18.9 Å². The Balaban J connectivity index is 2.27. The van der Waals surface area contributed by atoms with Gasteiger partial charge < -0.3 is 14.8 Å². The average Bonchev–Trinajstić information content (AvgIpc) is 2.58. The van der Waals surface area contributed by atoms with Gasteiger partial charge in [-0.3, -0.25) is 14.4 Å². The number of anilines is 1. The summed E-state index contributed by atoms with van der Waals surface area (Å²) in [7, 11) is 0. The predicted molar refractivity (Wildman–Crippen MR) is 103 cm³/mol. The molecule has 0 aliphatic heterocycles. The van der Waals surface area contributed by atoms with Crippen molar-refractivity contribution < 1.29 is 23.9 Å². The van der Waals surface area contributed by atoms with E-state index in [4.69, 9.17) is 32.7 Å². The van der Waals surface area contributed by atoms with E-state index in [1.54, 1.807) is 31.2 Å². The molecule has 6 nitrogen and oxygen atoms in total. The first-order valence-corrected chi connectivity index (χ1v) is 8.69. The molecule has 1 N–H and O–H groups in total. The van der Waals surface area contributed by atoms with E-state index in [1.807, 2.05) is 0 Å². The molecule has 0 radical (unpaired) electrons. The van der Waals surface area contributed by atoms with Crippen molar-refractivity contribution in [2.45, 2.75) is 26.7 Å². The normalized spacial score (nSPS) is 11.4. The first-order valence-electron chi connectivity index (χ1n) is 7.94. The van der Waals surface area contributed by atoms with Crippen molar-refractivity contribution in [3.8, 4) is 11.5 Å². The van der Waals surface area contributed by atoms with Crippen LogP contribution in [0.5, 0.6) is 11.5 Å². The molecule has 142 valence electrons. The summed E-state index contributed by atoms with van der Waals surface area (Å²) >= 11 is 12.0. The molecule has 2 aromatic carbocycles. The van der Waals surface area contributed by atoms with Crippen LogP contribution in [0.3, 0.4) is 0 Å². The van der Waals surface area contributed by atoms with Crippen molar-refractivity contribution in [3.05, 3.63) is 52.0 Å². The smallest absolute Gasteiger partial charge is 0.308 e. The summed E-state index contributed by atoms with van der Waals surface area (Å²) in [4.78, 5) is 35.1. The fourth-order valence-corrected chi connectivity index (χ4v) is 2.59. The van der Waals surface area contributed by atoms with Crippen molar-refractivity contribution >= 4 is 46.7 Å². The number of hydrogen-bond acceptors (Lipinski definition) is 5. The second-order valence-corrected chi connectivity index (χ2v) is 6.57. The molecular weight excluding hydrogens is 393 g/mol. The number of carbonyl (C=O) groups excluding carboxylic acids is 3. The average molecular weight is 410 g/mol. The molecule has 0 saturated heterocycles. The Kier molecular flexibility index (Phi) is 6.82. The van der Waals surface area contributed by atoms with Gasteiger partial charge in [0.2, 0.25) is 5.91 Å². The lowest BCUT2D eigenvalue weighted by Gasteiger charge is -2.16. The van der Waals surface area contributed by atoms with Gasteiger partial charge in [-0.1, -0.05) is 29.3 Å². The van der Waals surface area contributed by atoms with Gasteiger partial charge in [0.05, 0.1) is 16.6 Å². The molecule has 0 fully saturated rings. The second-order valence-electron chi connectivity index (χ2n) is 5.73. The predicted octanol–water partition coefficient (Wildman–Crippen LogP) is 4.59. The van der Waals surface area contributed by atoms with Crippen LogP contribution in [-0.2, 0) is 14.4 Å². The number of esters is 2. The largest absolute Gasteiger partial charge is 0.423 e. The molecule has 0 aliphatic carbocycles. The van der Waals surface area contributed by atoms with Crippen molar-refractivity contribution in [2.24, 2.45) is 0 Å². The van der Waals surface area contributed by atoms with Crippen LogP contribution in [0.4, 0.5) is 5.69 Å². The zero-order chi connectivity index (χ0) is 20.1. The summed E-state index contributed by atoms with van der Waals surface area (Å²) in [6.45, 7) is 4.13.